The molecule has 0 saturated carbocycles. The molecular weight excluding hydrogens is 356 g/mol. The number of cyclic esters (lactones) is 1. The third kappa shape index (κ3) is 12.1. The SMILES string of the molecule is CCCC.CCCCCCCCCCCCCC1OC(=O)C1Cc1ccccc1. The van der Waals surface area contributed by atoms with Crippen LogP contribution < -0.4 is 0 Å². The molecular formula is C27H46O2. The highest BCUT2D eigenvalue weighted by Gasteiger charge is 2.41. The number of carbonyl (C=O) groups is 1. The van der Waals surface area contributed by atoms with Crippen molar-refractivity contribution in [3.63, 3.8) is 0 Å². The molecule has 1 saturated heterocycles. The third-order valence-electron chi connectivity index (χ3n) is 5.91. The van der Waals surface area contributed by atoms with Gasteiger partial charge in [0.15, 0.2) is 0 Å². The van der Waals surface area contributed by atoms with Gasteiger partial charge in [0, 0.05) is 0 Å². The number of hydrogen-bond donors (Lipinski definition) is 0. The average Bonchev–Trinajstić information content (AvgIpc) is 2.76. The Kier molecular flexibility index (Phi) is 15.6. The van der Waals surface area contributed by atoms with Crippen LogP contribution in [-0.2, 0) is 16.0 Å². The van der Waals surface area contributed by atoms with E-state index in [2.05, 4.69) is 32.9 Å². The molecule has 1 aromatic rings. The minimum Gasteiger partial charge on any atom is -0.461 e. The first-order valence-electron chi connectivity index (χ1n) is 12.5. The summed E-state index contributed by atoms with van der Waals surface area (Å²) in [6, 6.07) is 10.3. The fourth-order valence-electron chi connectivity index (χ4n) is 3.75. The quantitative estimate of drug-likeness (QED) is 0.218. The van der Waals surface area contributed by atoms with Gasteiger partial charge in [-0.3, -0.25) is 4.79 Å². The zero-order chi connectivity index (χ0) is 21.2. The summed E-state index contributed by atoms with van der Waals surface area (Å²) in [5.74, 6) is 0.0856. The molecule has 2 nitrogen and oxygen atoms in total. The Labute approximate surface area is 180 Å². The molecule has 0 bridgehead atoms. The summed E-state index contributed by atoms with van der Waals surface area (Å²) >= 11 is 0. The van der Waals surface area contributed by atoms with Gasteiger partial charge in [0.05, 0.1) is 5.92 Å². The summed E-state index contributed by atoms with van der Waals surface area (Å²) in [4.78, 5) is 11.7. The first kappa shape index (κ1) is 25.7. The molecule has 1 aliphatic heterocycles. The number of benzene rings is 1. The maximum Gasteiger partial charge on any atom is 0.313 e. The summed E-state index contributed by atoms with van der Waals surface area (Å²) in [5.41, 5.74) is 1.24. The van der Waals surface area contributed by atoms with E-state index in [1.54, 1.807) is 0 Å². The van der Waals surface area contributed by atoms with Crippen molar-refractivity contribution in [2.24, 2.45) is 5.92 Å². The summed E-state index contributed by atoms with van der Waals surface area (Å²) in [5, 5.41) is 0. The fourth-order valence-corrected chi connectivity index (χ4v) is 3.75. The van der Waals surface area contributed by atoms with Crippen molar-refractivity contribution in [3.05, 3.63) is 35.9 Å². The fraction of sp³-hybridized carbons (Fsp3) is 0.741. The van der Waals surface area contributed by atoms with Crippen LogP contribution in [0, 0.1) is 5.92 Å². The Morgan fingerprint density at radius 2 is 1.21 bits per heavy atom. The number of hydrogen-bond acceptors (Lipinski definition) is 2. The standard InChI is InChI=1S/C23H36O2.C4H10/c1-2-3-4-5-6-7-8-9-10-11-15-18-22-21(23(24)25-22)19-20-16-13-12-14-17-20;1-3-4-2/h12-14,16-17,21-22H,2-11,15,18-19H2,1H3;3-4H2,1-2H3. The molecule has 29 heavy (non-hydrogen) atoms. The molecule has 2 rings (SSSR count). The summed E-state index contributed by atoms with van der Waals surface area (Å²) in [7, 11) is 0. The third-order valence-corrected chi connectivity index (χ3v) is 5.91. The smallest absolute Gasteiger partial charge is 0.313 e. The molecule has 2 atom stereocenters. The summed E-state index contributed by atoms with van der Waals surface area (Å²) in [6.45, 7) is 6.63. The van der Waals surface area contributed by atoms with E-state index in [-0.39, 0.29) is 18.0 Å². The Hall–Kier alpha value is -1.31. The van der Waals surface area contributed by atoms with E-state index in [4.69, 9.17) is 4.74 Å². The van der Waals surface area contributed by atoms with E-state index < -0.39 is 0 Å². The normalized spacial score (nSPS) is 17.8. The van der Waals surface area contributed by atoms with Crippen molar-refractivity contribution in [2.45, 2.75) is 123 Å². The van der Waals surface area contributed by atoms with Crippen LogP contribution in [-0.4, -0.2) is 12.1 Å². The molecule has 1 aromatic carbocycles. The Morgan fingerprint density at radius 3 is 1.69 bits per heavy atom. The zero-order valence-electron chi connectivity index (χ0n) is 19.5. The molecule has 2 unspecified atom stereocenters. The maximum atomic E-state index is 11.7. The topological polar surface area (TPSA) is 26.3 Å². The molecule has 1 heterocycles. The van der Waals surface area contributed by atoms with Crippen LogP contribution in [0.15, 0.2) is 30.3 Å². The van der Waals surface area contributed by atoms with E-state index in [1.807, 2.05) is 18.2 Å². The van der Waals surface area contributed by atoms with Gasteiger partial charge >= 0.3 is 5.97 Å². The van der Waals surface area contributed by atoms with E-state index >= 15 is 0 Å². The molecule has 0 aromatic heterocycles. The van der Waals surface area contributed by atoms with Crippen LogP contribution >= 0.6 is 0 Å². The highest BCUT2D eigenvalue weighted by molar-refractivity contribution is 5.78. The van der Waals surface area contributed by atoms with Gasteiger partial charge < -0.3 is 4.74 Å². The zero-order valence-corrected chi connectivity index (χ0v) is 19.5. The predicted octanol–water partition coefficient (Wildman–Crippen LogP) is 8.28. The number of carbonyl (C=O) groups excluding carboxylic acids is 1. The lowest BCUT2D eigenvalue weighted by atomic mass is 9.87. The predicted molar refractivity (Wildman–Crippen MR) is 125 cm³/mol. The number of rotatable bonds is 15. The van der Waals surface area contributed by atoms with Crippen molar-refractivity contribution >= 4 is 5.97 Å². The molecule has 0 aliphatic carbocycles. The Bertz CT molecular complexity index is 495. The van der Waals surface area contributed by atoms with Crippen LogP contribution in [0.1, 0.15) is 116 Å². The molecule has 2 heteroatoms. The highest BCUT2D eigenvalue weighted by Crippen LogP contribution is 2.30. The largest absolute Gasteiger partial charge is 0.461 e. The van der Waals surface area contributed by atoms with Gasteiger partial charge in [0.1, 0.15) is 6.10 Å². The van der Waals surface area contributed by atoms with Crippen LogP contribution in [0.5, 0.6) is 0 Å². The van der Waals surface area contributed by atoms with Crippen LogP contribution in [0.4, 0.5) is 0 Å². The first-order chi connectivity index (χ1) is 14.2. The maximum absolute atomic E-state index is 11.7. The average molecular weight is 403 g/mol. The molecule has 1 aliphatic rings. The van der Waals surface area contributed by atoms with Gasteiger partial charge in [0.25, 0.3) is 0 Å². The number of esters is 1. The molecule has 1 fully saturated rings. The van der Waals surface area contributed by atoms with E-state index in [0.29, 0.717) is 0 Å². The van der Waals surface area contributed by atoms with Gasteiger partial charge in [-0.1, -0.05) is 128 Å². The Balaban J connectivity index is 0.000000960. The van der Waals surface area contributed by atoms with Crippen molar-refractivity contribution in [1.82, 2.24) is 0 Å². The minimum atomic E-state index is -0.00285. The molecule has 0 radical (unpaired) electrons. The molecule has 166 valence electrons. The lowest BCUT2D eigenvalue weighted by Gasteiger charge is -2.35. The minimum absolute atomic E-state index is 0.00285. The van der Waals surface area contributed by atoms with Gasteiger partial charge in [-0.2, -0.15) is 0 Å². The van der Waals surface area contributed by atoms with Crippen molar-refractivity contribution in [3.8, 4) is 0 Å². The van der Waals surface area contributed by atoms with Gasteiger partial charge in [0.2, 0.25) is 0 Å². The molecule has 0 N–H and O–H groups in total. The van der Waals surface area contributed by atoms with E-state index in [0.717, 1.165) is 12.8 Å². The van der Waals surface area contributed by atoms with Crippen molar-refractivity contribution in [2.75, 3.05) is 0 Å². The second-order valence-corrected chi connectivity index (χ2v) is 8.60. The first-order valence-corrected chi connectivity index (χ1v) is 12.5. The van der Waals surface area contributed by atoms with Gasteiger partial charge in [-0.15, -0.1) is 0 Å². The van der Waals surface area contributed by atoms with Crippen LogP contribution in [0.25, 0.3) is 0 Å². The number of unbranched alkanes of at least 4 members (excludes halogenated alkanes) is 11. The van der Waals surface area contributed by atoms with Gasteiger partial charge in [-0.05, 0) is 24.8 Å². The van der Waals surface area contributed by atoms with Crippen LogP contribution in [0.2, 0.25) is 0 Å². The lowest BCUT2D eigenvalue weighted by Crippen LogP contribution is -2.46. The van der Waals surface area contributed by atoms with Gasteiger partial charge in [-0.25, -0.2) is 0 Å². The van der Waals surface area contributed by atoms with Crippen molar-refractivity contribution < 1.29 is 9.53 Å². The van der Waals surface area contributed by atoms with Crippen LogP contribution in [0.3, 0.4) is 0 Å². The molecule has 0 spiro atoms. The highest BCUT2D eigenvalue weighted by atomic mass is 16.6. The lowest BCUT2D eigenvalue weighted by molar-refractivity contribution is -0.185. The second-order valence-electron chi connectivity index (χ2n) is 8.60. The molecule has 0 amide bonds. The second kappa shape index (κ2) is 17.5. The summed E-state index contributed by atoms with van der Waals surface area (Å²) < 4.78 is 5.38. The van der Waals surface area contributed by atoms with E-state index in [1.165, 1.54) is 89.0 Å². The monoisotopic (exact) mass is 402 g/mol. The van der Waals surface area contributed by atoms with Crippen molar-refractivity contribution in [1.29, 1.82) is 0 Å². The number of ether oxygens (including phenoxy) is 1. The Morgan fingerprint density at radius 1 is 0.690 bits per heavy atom. The summed E-state index contributed by atoms with van der Waals surface area (Å²) in [6.07, 6.45) is 19.6. The van der Waals surface area contributed by atoms with E-state index in [9.17, 15) is 4.79 Å².